The summed E-state index contributed by atoms with van der Waals surface area (Å²) in [6.07, 6.45) is 0. The van der Waals surface area contributed by atoms with Crippen molar-refractivity contribution in [2.45, 2.75) is 6.92 Å². The van der Waals surface area contributed by atoms with Gasteiger partial charge >= 0.3 is 0 Å². The van der Waals surface area contributed by atoms with E-state index in [1.807, 2.05) is 0 Å². The highest BCUT2D eigenvalue weighted by molar-refractivity contribution is 6.10. The summed E-state index contributed by atoms with van der Waals surface area (Å²) in [6, 6.07) is 4.51. The van der Waals surface area contributed by atoms with Crippen molar-refractivity contribution in [3.63, 3.8) is 0 Å². The quantitative estimate of drug-likeness (QED) is 0.162. The van der Waals surface area contributed by atoms with Gasteiger partial charge in [-0.15, -0.1) is 0 Å². The average molecular weight is 661 g/mol. The largest absolute Gasteiger partial charge is 0.203 e. The molecule has 5 nitrogen and oxygen atoms in total. The molecule has 3 aromatic rings. The van der Waals surface area contributed by atoms with E-state index in [1.54, 1.807) is 0 Å². The van der Waals surface area contributed by atoms with E-state index in [4.69, 9.17) is 15.8 Å². The van der Waals surface area contributed by atoms with E-state index in [2.05, 4.69) is 0 Å². The van der Waals surface area contributed by atoms with Crippen molar-refractivity contribution < 1.29 is 52.7 Å². The molecule has 0 radical (unpaired) electrons. The van der Waals surface area contributed by atoms with Crippen molar-refractivity contribution in [3.05, 3.63) is 120 Å². The summed E-state index contributed by atoms with van der Waals surface area (Å²) in [4.78, 5) is 0. The number of rotatable bonds is 3. The van der Waals surface area contributed by atoms with E-state index < -0.39 is 137 Å². The van der Waals surface area contributed by atoms with Crippen molar-refractivity contribution in [1.82, 2.24) is 0 Å². The Bertz CT molecular complexity index is 2130. The fourth-order valence-electron chi connectivity index (χ4n) is 4.62. The molecule has 0 atom stereocenters. The Kier molecular flexibility index (Phi) is 8.36. The van der Waals surface area contributed by atoms with Gasteiger partial charge in [-0.05, 0) is 18.1 Å². The number of nitrogens with zero attached hydrogens (tertiary/aromatic N) is 5. The number of allylic oxidation sites excluding steroid dienone is 6. The standard InChI is InChI=1S/C30H3F12N5/c1-7(14-25(37)19(31)10(4-45)20(32)26(14)38)13-15(8(2-43)17-27(39)21(33)11(5-46)22(34)28(17)40)16(13)9(3-44)18-29(41)23(35)12(6-47)24(36)30(18)42/h1H3/b13-7-,15-8?,16-9-. The van der Waals surface area contributed by atoms with Crippen molar-refractivity contribution in [2.75, 3.05) is 0 Å². The van der Waals surface area contributed by atoms with Crippen molar-refractivity contribution in [3.8, 4) is 30.3 Å². The predicted molar refractivity (Wildman–Crippen MR) is 131 cm³/mol. The van der Waals surface area contributed by atoms with E-state index in [1.165, 1.54) is 0 Å². The summed E-state index contributed by atoms with van der Waals surface area (Å²) in [7, 11) is 0. The zero-order valence-electron chi connectivity index (χ0n) is 22.3. The smallest absolute Gasteiger partial charge is 0.180 e. The third kappa shape index (κ3) is 4.63. The van der Waals surface area contributed by atoms with Crippen LogP contribution in [0.5, 0.6) is 0 Å². The molecule has 0 unspecified atom stereocenters. The molecule has 0 spiro atoms. The number of benzene rings is 3. The molecule has 4 rings (SSSR count). The first-order valence-electron chi connectivity index (χ1n) is 11.9. The van der Waals surface area contributed by atoms with Gasteiger partial charge in [0.2, 0.25) is 0 Å². The highest BCUT2D eigenvalue weighted by Crippen LogP contribution is 2.57. The van der Waals surface area contributed by atoms with Crippen molar-refractivity contribution in [1.29, 1.82) is 26.3 Å². The normalized spacial score (nSPS) is 15.1. The second-order valence-electron chi connectivity index (χ2n) is 9.08. The lowest BCUT2D eigenvalue weighted by Crippen LogP contribution is -2.06. The molecule has 0 aromatic heterocycles. The van der Waals surface area contributed by atoms with Crippen molar-refractivity contribution in [2.24, 2.45) is 0 Å². The van der Waals surface area contributed by atoms with Crippen LogP contribution in [0.1, 0.15) is 40.3 Å². The first kappa shape index (κ1) is 33.4. The monoisotopic (exact) mass is 661 g/mol. The summed E-state index contributed by atoms with van der Waals surface area (Å²) < 4.78 is 177. The number of hydrogen-bond donors (Lipinski definition) is 0. The first-order valence-corrected chi connectivity index (χ1v) is 11.9. The molecule has 1 aliphatic carbocycles. The lowest BCUT2D eigenvalue weighted by Gasteiger charge is -2.09. The Morgan fingerprint density at radius 2 is 0.596 bits per heavy atom. The van der Waals surface area contributed by atoms with Crippen LogP contribution < -0.4 is 0 Å². The van der Waals surface area contributed by atoms with Crippen LogP contribution in [0.15, 0.2) is 16.7 Å². The fourth-order valence-corrected chi connectivity index (χ4v) is 4.62. The van der Waals surface area contributed by atoms with Crippen LogP contribution in [0.3, 0.4) is 0 Å². The first-order chi connectivity index (χ1) is 22.1. The molecule has 232 valence electrons. The summed E-state index contributed by atoms with van der Waals surface area (Å²) in [5, 5.41) is 46.1. The maximum atomic E-state index is 15.0. The van der Waals surface area contributed by atoms with Crippen molar-refractivity contribution >= 4 is 16.7 Å². The zero-order chi connectivity index (χ0) is 35.4. The molecule has 1 fully saturated rings. The van der Waals surface area contributed by atoms with Gasteiger partial charge in [0.15, 0.2) is 69.8 Å². The summed E-state index contributed by atoms with van der Waals surface area (Å²) in [5.74, 6) is -28.6. The summed E-state index contributed by atoms with van der Waals surface area (Å²) in [6.45, 7) is 0.554. The van der Waals surface area contributed by atoms with E-state index in [0.29, 0.717) is 6.92 Å². The zero-order valence-corrected chi connectivity index (χ0v) is 22.3. The molecule has 0 bridgehead atoms. The highest BCUT2D eigenvalue weighted by atomic mass is 19.2. The molecule has 1 aliphatic rings. The van der Waals surface area contributed by atoms with Crippen LogP contribution in [-0.2, 0) is 0 Å². The number of halogens is 12. The lowest BCUT2D eigenvalue weighted by molar-refractivity contribution is 0.446. The van der Waals surface area contributed by atoms with Crippen LogP contribution in [0.4, 0.5) is 52.7 Å². The second kappa shape index (κ2) is 11.8. The number of nitriles is 5. The average Bonchev–Trinajstić information content (AvgIpc) is 3.77. The van der Waals surface area contributed by atoms with Gasteiger partial charge in [-0.1, -0.05) is 0 Å². The molecule has 0 aliphatic heterocycles. The van der Waals surface area contributed by atoms with Gasteiger partial charge in [0.1, 0.15) is 47.0 Å². The minimum Gasteiger partial charge on any atom is -0.203 e. The maximum absolute atomic E-state index is 15.0. The molecule has 17 heteroatoms. The molecule has 47 heavy (non-hydrogen) atoms. The SMILES string of the molecule is C/C(=C1\C(=C(C#N)c2c(F)c(F)c(C#N)c(F)c2F)\C1=C(\C#N)c1c(F)c(F)c(C#N)c(F)c1F)c1c(F)c(F)c(C#N)c(F)c1F. The maximum Gasteiger partial charge on any atom is 0.180 e. The van der Waals surface area contributed by atoms with Gasteiger partial charge < -0.3 is 0 Å². The van der Waals surface area contributed by atoms with Gasteiger partial charge in [0.05, 0.1) is 27.8 Å². The Morgan fingerprint density at radius 1 is 0.362 bits per heavy atom. The topological polar surface area (TPSA) is 119 Å². The summed E-state index contributed by atoms with van der Waals surface area (Å²) in [5.41, 5.74) is -19.1. The molecular formula is C30H3F12N5. The molecular weight excluding hydrogens is 658 g/mol. The molecule has 0 amide bonds. The van der Waals surface area contributed by atoms with Crippen LogP contribution in [0.25, 0.3) is 16.7 Å². The Hall–Kier alpha value is -6.51. The van der Waals surface area contributed by atoms with E-state index in [0.717, 1.165) is 30.3 Å². The molecule has 0 heterocycles. The van der Waals surface area contributed by atoms with E-state index in [9.17, 15) is 36.9 Å². The van der Waals surface area contributed by atoms with Crippen LogP contribution in [0.2, 0.25) is 0 Å². The lowest BCUT2D eigenvalue weighted by atomic mass is 9.99. The minimum atomic E-state index is -2.45. The van der Waals surface area contributed by atoms with E-state index in [-0.39, 0.29) is 0 Å². The van der Waals surface area contributed by atoms with Crippen LogP contribution in [0, 0.1) is 126 Å². The second-order valence-corrected chi connectivity index (χ2v) is 9.08. The Labute approximate surface area is 253 Å². The summed E-state index contributed by atoms with van der Waals surface area (Å²) >= 11 is 0. The van der Waals surface area contributed by atoms with E-state index >= 15 is 26.3 Å². The number of hydrogen-bond acceptors (Lipinski definition) is 5. The van der Waals surface area contributed by atoms with Gasteiger partial charge in [-0.3, -0.25) is 0 Å². The predicted octanol–water partition coefficient (Wildman–Crippen LogP) is 7.71. The van der Waals surface area contributed by atoms with Gasteiger partial charge in [0, 0.05) is 11.1 Å². The highest BCUT2D eigenvalue weighted by Gasteiger charge is 2.45. The molecule has 0 saturated heterocycles. The van der Waals surface area contributed by atoms with Crippen LogP contribution in [-0.4, -0.2) is 0 Å². The van der Waals surface area contributed by atoms with Gasteiger partial charge in [0.25, 0.3) is 0 Å². The van der Waals surface area contributed by atoms with Crippen LogP contribution >= 0.6 is 0 Å². The Balaban J connectivity index is 2.33. The molecule has 3 aromatic carbocycles. The fraction of sp³-hybridized carbons (Fsp3) is 0.0333. The Morgan fingerprint density at radius 3 is 0.809 bits per heavy atom. The van der Waals surface area contributed by atoms with Gasteiger partial charge in [-0.25, -0.2) is 52.7 Å². The van der Waals surface area contributed by atoms with Gasteiger partial charge in [-0.2, -0.15) is 26.3 Å². The molecule has 1 saturated carbocycles. The minimum absolute atomic E-state index is 0.554. The third-order valence-electron chi connectivity index (χ3n) is 6.79. The molecule has 0 N–H and O–H groups in total. The third-order valence-corrected chi connectivity index (χ3v) is 6.79.